The van der Waals surface area contributed by atoms with E-state index < -0.39 is 5.41 Å². The number of hydrogen-bond acceptors (Lipinski definition) is 0. The topological polar surface area (TPSA) is 9.86 Å². The molecule has 4 aliphatic rings. The van der Waals surface area contributed by atoms with Crippen LogP contribution in [0.25, 0.3) is 77.2 Å². The summed E-state index contributed by atoms with van der Waals surface area (Å²) in [5.74, 6) is 0. The molecular formula is C89H75BN2. The van der Waals surface area contributed by atoms with E-state index in [2.05, 4.69) is 340 Å². The first kappa shape index (κ1) is 55.2. The number of hydrogen-bond donors (Lipinski definition) is 0. The first-order valence-electron chi connectivity index (χ1n) is 33.4. The molecule has 0 atom stereocenters. The predicted octanol–water partition coefficient (Wildman–Crippen LogP) is 20.0. The molecular weight excluding hydrogens is 1110 g/mol. The molecule has 0 N–H and O–H groups in total. The van der Waals surface area contributed by atoms with Gasteiger partial charge in [0.15, 0.2) is 0 Å². The SMILES string of the molecule is CC(C)(C)c1ccc(-c2cc3c4c5c2-n2c6ccc(C(C)(C)c7ccccc7)cc6c6cc(C(C)(C)c7ccccc7)cc(c62)B5c2cc(C(C)(C)c5ccccc5)cc5c6cc(C(C)(C)c7ccccc7)cc(c6n-4c25)C32c3ccccc3-c3ccccc32)cc1. The molecule has 3 heteroatoms. The Morgan fingerprint density at radius 2 is 0.685 bits per heavy atom. The number of nitrogens with zero attached hydrogens (tertiary/aromatic N) is 2. The van der Waals surface area contributed by atoms with Crippen molar-refractivity contribution >= 4 is 66.7 Å². The first-order chi connectivity index (χ1) is 44.3. The van der Waals surface area contributed by atoms with E-state index in [1.165, 1.54) is 166 Å². The molecule has 0 fully saturated rings. The third-order valence-electron chi connectivity index (χ3n) is 23.2. The number of benzene rings is 12. The Bertz CT molecular complexity index is 5410. The Morgan fingerprint density at radius 1 is 0.283 bits per heavy atom. The van der Waals surface area contributed by atoms with Crippen LogP contribution in [0.5, 0.6) is 0 Å². The molecule has 444 valence electrons. The number of aromatic nitrogens is 2. The van der Waals surface area contributed by atoms with E-state index in [4.69, 9.17) is 0 Å². The molecule has 18 rings (SSSR count). The zero-order chi connectivity index (χ0) is 62.8. The highest BCUT2D eigenvalue weighted by Gasteiger charge is 2.56. The molecule has 0 saturated heterocycles. The first-order valence-corrected chi connectivity index (χ1v) is 33.4. The number of fused-ring (bicyclic) bond motifs is 14. The Hall–Kier alpha value is -9.70. The quantitative estimate of drug-likeness (QED) is 0.128. The smallest absolute Gasteiger partial charge is 0.252 e. The summed E-state index contributed by atoms with van der Waals surface area (Å²) in [6.45, 7) is 26.4. The van der Waals surface area contributed by atoms with Gasteiger partial charge in [-0.1, -0.05) is 295 Å². The molecule has 92 heavy (non-hydrogen) atoms. The van der Waals surface area contributed by atoms with Crippen molar-refractivity contribution in [2.45, 2.75) is 109 Å². The van der Waals surface area contributed by atoms with Gasteiger partial charge in [-0.25, -0.2) is 0 Å². The second-order valence-electron chi connectivity index (χ2n) is 30.4. The highest BCUT2D eigenvalue weighted by atomic mass is 15.1. The van der Waals surface area contributed by atoms with E-state index in [0.29, 0.717) is 0 Å². The summed E-state index contributed by atoms with van der Waals surface area (Å²) in [6.07, 6.45) is 0. The molecule has 5 heterocycles. The van der Waals surface area contributed by atoms with Crippen LogP contribution in [-0.4, -0.2) is 15.8 Å². The summed E-state index contributed by atoms with van der Waals surface area (Å²) in [7, 11) is 0. The lowest BCUT2D eigenvalue weighted by Gasteiger charge is -2.45. The average Bonchev–Trinajstić information content (AvgIpc) is 1.40. The fourth-order valence-corrected chi connectivity index (χ4v) is 17.8. The summed E-state index contributed by atoms with van der Waals surface area (Å²) in [4.78, 5) is 0. The zero-order valence-corrected chi connectivity index (χ0v) is 54.7. The fraction of sp³-hybridized carbons (Fsp3) is 0.191. The molecule has 0 saturated carbocycles. The van der Waals surface area contributed by atoms with Crippen LogP contribution < -0.4 is 16.4 Å². The van der Waals surface area contributed by atoms with E-state index in [1.807, 2.05) is 0 Å². The van der Waals surface area contributed by atoms with Gasteiger partial charge in [0.25, 0.3) is 6.71 Å². The van der Waals surface area contributed by atoms with E-state index in [9.17, 15) is 0 Å². The molecule has 3 aliphatic heterocycles. The normalized spacial score (nSPS) is 14.3. The van der Waals surface area contributed by atoms with Crippen LogP contribution in [0.15, 0.2) is 255 Å². The Balaban J connectivity index is 1.09. The lowest BCUT2D eigenvalue weighted by atomic mass is 9.33. The van der Waals surface area contributed by atoms with Crippen molar-refractivity contribution in [3.05, 3.63) is 327 Å². The summed E-state index contributed by atoms with van der Waals surface area (Å²) in [5.41, 5.74) is 32.0. The monoisotopic (exact) mass is 1180 g/mol. The molecule has 1 aliphatic carbocycles. The Morgan fingerprint density at radius 3 is 1.17 bits per heavy atom. The van der Waals surface area contributed by atoms with Gasteiger partial charge in [-0.2, -0.15) is 0 Å². The van der Waals surface area contributed by atoms with Crippen LogP contribution in [0, 0.1) is 0 Å². The van der Waals surface area contributed by atoms with Gasteiger partial charge in [0.1, 0.15) is 0 Å². The van der Waals surface area contributed by atoms with Crippen LogP contribution in [0.1, 0.15) is 148 Å². The second kappa shape index (κ2) is 18.7. The van der Waals surface area contributed by atoms with E-state index in [0.717, 1.165) is 0 Å². The van der Waals surface area contributed by atoms with E-state index in [1.54, 1.807) is 0 Å². The summed E-state index contributed by atoms with van der Waals surface area (Å²) in [5, 5.41) is 5.21. The van der Waals surface area contributed by atoms with Crippen molar-refractivity contribution in [2.75, 3.05) is 0 Å². The third-order valence-corrected chi connectivity index (χ3v) is 23.2. The van der Waals surface area contributed by atoms with Crippen molar-refractivity contribution in [2.24, 2.45) is 0 Å². The molecule has 0 amide bonds. The van der Waals surface area contributed by atoms with Crippen molar-refractivity contribution in [1.29, 1.82) is 0 Å². The molecule has 1 spiro atoms. The maximum absolute atomic E-state index is 2.83. The van der Waals surface area contributed by atoms with Crippen molar-refractivity contribution < 1.29 is 0 Å². The van der Waals surface area contributed by atoms with Gasteiger partial charge in [0.2, 0.25) is 0 Å². The molecule has 2 nitrogen and oxygen atoms in total. The van der Waals surface area contributed by atoms with Gasteiger partial charge in [-0.05, 0) is 147 Å². The Kier molecular flexibility index (Phi) is 11.2. The van der Waals surface area contributed by atoms with Gasteiger partial charge in [0.05, 0.1) is 22.1 Å². The van der Waals surface area contributed by atoms with Gasteiger partial charge in [-0.3, -0.25) is 0 Å². The lowest BCUT2D eigenvalue weighted by molar-refractivity contribution is 0.590. The minimum absolute atomic E-state index is 0.0334. The average molecular weight is 1180 g/mol. The van der Waals surface area contributed by atoms with Crippen molar-refractivity contribution in [1.82, 2.24) is 9.13 Å². The van der Waals surface area contributed by atoms with Gasteiger partial charge >= 0.3 is 0 Å². The summed E-state index contributed by atoms with van der Waals surface area (Å²) < 4.78 is 5.59. The van der Waals surface area contributed by atoms with E-state index >= 15 is 0 Å². The van der Waals surface area contributed by atoms with Gasteiger partial charge in [0, 0.05) is 65.5 Å². The van der Waals surface area contributed by atoms with Crippen LogP contribution in [0.2, 0.25) is 0 Å². The van der Waals surface area contributed by atoms with Crippen LogP contribution in [0.3, 0.4) is 0 Å². The van der Waals surface area contributed by atoms with E-state index in [-0.39, 0.29) is 33.8 Å². The third kappa shape index (κ3) is 7.18. The van der Waals surface area contributed by atoms with Crippen LogP contribution >= 0.6 is 0 Å². The van der Waals surface area contributed by atoms with Gasteiger partial charge in [-0.15, -0.1) is 0 Å². The zero-order valence-electron chi connectivity index (χ0n) is 54.7. The molecule has 2 aromatic heterocycles. The van der Waals surface area contributed by atoms with Crippen molar-refractivity contribution in [3.8, 4) is 33.6 Å². The van der Waals surface area contributed by atoms with Crippen molar-refractivity contribution in [3.63, 3.8) is 0 Å². The molecule has 0 bridgehead atoms. The molecule has 0 unspecified atom stereocenters. The second-order valence-corrected chi connectivity index (χ2v) is 30.4. The molecule has 0 radical (unpaired) electrons. The summed E-state index contributed by atoms with van der Waals surface area (Å²) in [6, 6.07) is 99.6. The van der Waals surface area contributed by atoms with Crippen LogP contribution in [0.4, 0.5) is 0 Å². The highest BCUT2D eigenvalue weighted by Crippen LogP contribution is 2.63. The maximum atomic E-state index is 2.83. The fourth-order valence-electron chi connectivity index (χ4n) is 17.8. The maximum Gasteiger partial charge on any atom is 0.252 e. The minimum Gasteiger partial charge on any atom is -0.310 e. The van der Waals surface area contributed by atoms with Gasteiger partial charge < -0.3 is 9.13 Å². The molecule has 12 aromatic carbocycles. The minimum atomic E-state index is -0.722. The molecule has 14 aromatic rings. The highest BCUT2D eigenvalue weighted by molar-refractivity contribution is 7.00. The largest absolute Gasteiger partial charge is 0.310 e. The summed E-state index contributed by atoms with van der Waals surface area (Å²) >= 11 is 0. The predicted molar refractivity (Wildman–Crippen MR) is 389 cm³/mol. The number of rotatable bonds is 9. The Labute approximate surface area is 542 Å². The standard InChI is InChI=1S/C89H75BN2/c1-84(2,3)55-42-40-54(41-43-55)66-53-74-83-78-82(66)91-77-45-44-60(85(4,5)56-28-16-12-17-29-56)46-67(77)68-48-62(87(8,9)58-32-20-14-21-33-58)51-75(80(68)91)90(78)76-52-63(88(10,11)59-34-22-15-23-35-59)49-70-69-47-61(86(6,7)57-30-18-13-19-31-57)50-73(79(69)92(83)81(70)76)89(74)71-38-26-24-36-64(71)65-37-25-27-39-72(65)89/h12-53H,1-11H3. The lowest BCUT2D eigenvalue weighted by Crippen LogP contribution is -2.61. The van der Waals surface area contributed by atoms with Crippen LogP contribution in [-0.2, 0) is 32.5 Å².